The van der Waals surface area contributed by atoms with Crippen LogP contribution in [0.25, 0.3) is 0 Å². The van der Waals surface area contributed by atoms with Crippen molar-refractivity contribution in [3.8, 4) is 0 Å². The van der Waals surface area contributed by atoms with Gasteiger partial charge in [-0.1, -0.05) is 31.5 Å². The number of benzene rings is 1. The van der Waals surface area contributed by atoms with Gasteiger partial charge in [0.1, 0.15) is 0 Å². The summed E-state index contributed by atoms with van der Waals surface area (Å²) in [7, 11) is -3.15. The molecule has 18 heavy (non-hydrogen) atoms. The molecule has 0 heterocycles. The summed E-state index contributed by atoms with van der Waals surface area (Å²) >= 11 is 0. The van der Waals surface area contributed by atoms with E-state index in [-0.39, 0.29) is 0 Å². The minimum atomic E-state index is -3.15. The standard InChI is InChI=1S/C14H23O3P/c1-4-7-10-13-11-8-9-12-14(13)18(15,16-5-2)17-6-3/h8-9,11-12H,4-7,10H2,1-3H3. The van der Waals surface area contributed by atoms with Crippen molar-refractivity contribution in [1.29, 1.82) is 0 Å². The first kappa shape index (κ1) is 15.4. The van der Waals surface area contributed by atoms with Gasteiger partial charge >= 0.3 is 7.60 Å². The van der Waals surface area contributed by atoms with Crippen molar-refractivity contribution in [3.05, 3.63) is 29.8 Å². The average molecular weight is 270 g/mol. The summed E-state index contributed by atoms with van der Waals surface area (Å²) < 4.78 is 23.6. The molecule has 102 valence electrons. The summed E-state index contributed by atoms with van der Waals surface area (Å²) in [5, 5.41) is 0.724. The van der Waals surface area contributed by atoms with Crippen LogP contribution in [0.4, 0.5) is 0 Å². The number of hydrogen-bond donors (Lipinski definition) is 0. The van der Waals surface area contributed by atoms with Gasteiger partial charge in [-0.2, -0.15) is 0 Å². The van der Waals surface area contributed by atoms with Gasteiger partial charge in [-0.3, -0.25) is 4.57 Å². The lowest BCUT2D eigenvalue weighted by Crippen LogP contribution is -2.15. The fraction of sp³-hybridized carbons (Fsp3) is 0.571. The second kappa shape index (κ2) is 7.73. The van der Waals surface area contributed by atoms with Gasteiger partial charge in [0, 0.05) is 0 Å². The number of aryl methyl sites for hydroxylation is 1. The molecule has 0 amide bonds. The maximum Gasteiger partial charge on any atom is 0.361 e. The van der Waals surface area contributed by atoms with Gasteiger partial charge in [-0.05, 0) is 38.3 Å². The largest absolute Gasteiger partial charge is 0.361 e. The molecule has 1 rings (SSSR count). The molecule has 1 aromatic carbocycles. The summed E-state index contributed by atoms with van der Waals surface area (Å²) in [6, 6.07) is 7.72. The van der Waals surface area contributed by atoms with Crippen molar-refractivity contribution in [3.63, 3.8) is 0 Å². The third-order valence-corrected chi connectivity index (χ3v) is 4.91. The molecule has 0 bridgehead atoms. The Kier molecular flexibility index (Phi) is 6.62. The Bertz CT molecular complexity index is 394. The molecular weight excluding hydrogens is 247 g/mol. The molecule has 4 heteroatoms. The highest BCUT2D eigenvalue weighted by Crippen LogP contribution is 2.47. The third kappa shape index (κ3) is 3.94. The molecule has 0 unspecified atom stereocenters. The lowest BCUT2D eigenvalue weighted by atomic mass is 10.1. The van der Waals surface area contributed by atoms with Gasteiger partial charge < -0.3 is 9.05 Å². The van der Waals surface area contributed by atoms with Crippen LogP contribution in [0.3, 0.4) is 0 Å². The van der Waals surface area contributed by atoms with Crippen LogP contribution in [0.15, 0.2) is 24.3 Å². The Labute approximate surface area is 110 Å². The smallest absolute Gasteiger partial charge is 0.305 e. The van der Waals surface area contributed by atoms with Crippen LogP contribution in [0.5, 0.6) is 0 Å². The molecular formula is C14H23O3P. The molecule has 1 aromatic rings. The Morgan fingerprint density at radius 2 is 1.67 bits per heavy atom. The molecule has 0 fully saturated rings. The van der Waals surface area contributed by atoms with Gasteiger partial charge in [0.25, 0.3) is 0 Å². The van der Waals surface area contributed by atoms with Crippen LogP contribution in [-0.4, -0.2) is 13.2 Å². The molecule has 0 radical (unpaired) electrons. The SMILES string of the molecule is CCCCc1ccccc1P(=O)(OCC)OCC. The molecule has 0 atom stereocenters. The first-order chi connectivity index (χ1) is 8.68. The zero-order valence-corrected chi connectivity index (χ0v) is 12.4. The second-order valence-corrected chi connectivity index (χ2v) is 6.06. The van der Waals surface area contributed by atoms with Gasteiger partial charge in [0.2, 0.25) is 0 Å². The van der Waals surface area contributed by atoms with Crippen LogP contribution in [0.1, 0.15) is 39.2 Å². The predicted octanol–water partition coefficient (Wildman–Crippen LogP) is 3.92. The average Bonchev–Trinajstić information content (AvgIpc) is 2.37. The number of rotatable bonds is 8. The van der Waals surface area contributed by atoms with Crippen LogP contribution >= 0.6 is 7.60 Å². The van der Waals surface area contributed by atoms with Crippen molar-refractivity contribution in [1.82, 2.24) is 0 Å². The molecule has 0 aromatic heterocycles. The van der Waals surface area contributed by atoms with E-state index in [9.17, 15) is 4.57 Å². The van der Waals surface area contributed by atoms with Crippen molar-refractivity contribution in [2.75, 3.05) is 13.2 Å². The van der Waals surface area contributed by atoms with E-state index in [1.54, 1.807) is 0 Å². The highest BCUT2D eigenvalue weighted by molar-refractivity contribution is 7.62. The topological polar surface area (TPSA) is 35.5 Å². The van der Waals surface area contributed by atoms with Crippen LogP contribution < -0.4 is 5.30 Å². The van der Waals surface area contributed by atoms with Crippen LogP contribution in [-0.2, 0) is 20.0 Å². The fourth-order valence-corrected chi connectivity index (χ4v) is 3.71. The molecule has 3 nitrogen and oxygen atoms in total. The minimum absolute atomic E-state index is 0.388. The lowest BCUT2D eigenvalue weighted by Gasteiger charge is -2.19. The highest BCUT2D eigenvalue weighted by atomic mass is 31.2. The van der Waals surface area contributed by atoms with E-state index in [0.29, 0.717) is 13.2 Å². The van der Waals surface area contributed by atoms with E-state index in [0.717, 1.165) is 30.1 Å². The van der Waals surface area contributed by atoms with Crippen molar-refractivity contribution in [2.24, 2.45) is 0 Å². The van der Waals surface area contributed by atoms with Gasteiger partial charge in [0.05, 0.1) is 18.5 Å². The summed E-state index contributed by atoms with van der Waals surface area (Å²) in [4.78, 5) is 0. The zero-order valence-electron chi connectivity index (χ0n) is 11.5. The van der Waals surface area contributed by atoms with E-state index in [1.807, 2.05) is 38.1 Å². The van der Waals surface area contributed by atoms with E-state index in [4.69, 9.17) is 9.05 Å². The second-order valence-electron chi connectivity index (χ2n) is 4.07. The lowest BCUT2D eigenvalue weighted by molar-refractivity contribution is 0.229. The molecule has 0 spiro atoms. The van der Waals surface area contributed by atoms with Gasteiger partial charge in [-0.25, -0.2) is 0 Å². The zero-order chi connectivity index (χ0) is 13.4. The maximum atomic E-state index is 12.8. The van der Waals surface area contributed by atoms with Gasteiger partial charge in [-0.15, -0.1) is 0 Å². The Morgan fingerprint density at radius 3 is 2.22 bits per heavy atom. The van der Waals surface area contributed by atoms with E-state index in [2.05, 4.69) is 6.92 Å². The molecule has 0 aliphatic heterocycles. The Morgan fingerprint density at radius 1 is 1.06 bits per heavy atom. The maximum absolute atomic E-state index is 12.8. The first-order valence-electron chi connectivity index (χ1n) is 6.65. The number of hydrogen-bond acceptors (Lipinski definition) is 3. The first-order valence-corrected chi connectivity index (χ1v) is 8.19. The van der Waals surface area contributed by atoms with Crippen molar-refractivity contribution < 1.29 is 13.6 Å². The third-order valence-electron chi connectivity index (χ3n) is 2.68. The highest BCUT2D eigenvalue weighted by Gasteiger charge is 2.28. The fourth-order valence-electron chi connectivity index (χ4n) is 1.87. The van der Waals surface area contributed by atoms with E-state index in [1.165, 1.54) is 0 Å². The molecule has 0 saturated heterocycles. The number of unbranched alkanes of at least 4 members (excludes halogenated alkanes) is 1. The van der Waals surface area contributed by atoms with Crippen molar-refractivity contribution in [2.45, 2.75) is 40.0 Å². The monoisotopic (exact) mass is 270 g/mol. The minimum Gasteiger partial charge on any atom is -0.305 e. The Hall–Kier alpha value is -0.630. The quantitative estimate of drug-likeness (QED) is 0.672. The summed E-state index contributed by atoms with van der Waals surface area (Å²) in [5.74, 6) is 0. The molecule has 0 aliphatic rings. The van der Waals surface area contributed by atoms with Crippen LogP contribution in [0.2, 0.25) is 0 Å². The van der Waals surface area contributed by atoms with E-state index < -0.39 is 7.60 Å². The molecule has 0 aliphatic carbocycles. The van der Waals surface area contributed by atoms with E-state index >= 15 is 0 Å². The normalized spacial score (nSPS) is 11.7. The summed E-state index contributed by atoms with van der Waals surface area (Å²) in [6.07, 6.45) is 3.11. The summed E-state index contributed by atoms with van der Waals surface area (Å²) in [6.45, 7) is 6.59. The molecule has 0 saturated carbocycles. The van der Waals surface area contributed by atoms with Crippen molar-refractivity contribution >= 4 is 12.9 Å². The Balaban J connectivity index is 3.07. The summed E-state index contributed by atoms with van der Waals surface area (Å²) in [5.41, 5.74) is 1.07. The van der Waals surface area contributed by atoms with Gasteiger partial charge in [0.15, 0.2) is 0 Å². The van der Waals surface area contributed by atoms with Crippen LogP contribution in [0, 0.1) is 0 Å². The molecule has 0 N–H and O–H groups in total. The predicted molar refractivity (Wildman–Crippen MR) is 75.5 cm³/mol.